The van der Waals surface area contributed by atoms with Crippen molar-refractivity contribution >= 4 is 49.9 Å². The van der Waals surface area contributed by atoms with E-state index in [4.69, 9.17) is 10.5 Å². The Kier molecular flexibility index (Phi) is 8.21. The molecule has 0 saturated carbocycles. The maximum absolute atomic E-state index is 14.2. The van der Waals surface area contributed by atoms with Crippen molar-refractivity contribution in [1.29, 1.82) is 0 Å². The van der Waals surface area contributed by atoms with Crippen molar-refractivity contribution in [2.24, 2.45) is 5.73 Å². The third kappa shape index (κ3) is 6.62. The molecule has 0 radical (unpaired) electrons. The van der Waals surface area contributed by atoms with Gasteiger partial charge in [0, 0.05) is 16.2 Å². The maximum atomic E-state index is 14.2. The second-order valence-corrected chi connectivity index (χ2v) is 9.87. The van der Waals surface area contributed by atoms with Crippen LogP contribution in [0, 0.1) is 15.2 Å². The molecule has 1 amide bonds. The van der Waals surface area contributed by atoms with Crippen LogP contribution in [0.3, 0.4) is 0 Å². The van der Waals surface area contributed by atoms with Crippen LogP contribution in [0.2, 0.25) is 0 Å². The van der Waals surface area contributed by atoms with E-state index in [0.717, 1.165) is 12.1 Å². The summed E-state index contributed by atoms with van der Waals surface area (Å²) in [5, 5.41) is 2.68. The lowest BCUT2D eigenvalue weighted by Gasteiger charge is -2.16. The SMILES string of the molecule is NC(=O)c1c(Nc2ccc(I)cc2F)cc(F)cc1OCCCNS(=O)(=O)c1ccccc1. The summed E-state index contributed by atoms with van der Waals surface area (Å²) >= 11 is 1.95. The number of nitrogens with one attached hydrogen (secondary N) is 2. The van der Waals surface area contributed by atoms with E-state index in [1.807, 2.05) is 22.6 Å². The van der Waals surface area contributed by atoms with E-state index in [1.165, 1.54) is 24.3 Å². The van der Waals surface area contributed by atoms with Gasteiger partial charge in [-0.05, 0) is 65.4 Å². The fraction of sp³-hybridized carbons (Fsp3) is 0.136. The number of carbonyl (C=O) groups is 1. The van der Waals surface area contributed by atoms with Gasteiger partial charge in [0.1, 0.15) is 22.9 Å². The summed E-state index contributed by atoms with van der Waals surface area (Å²) in [4.78, 5) is 12.2. The summed E-state index contributed by atoms with van der Waals surface area (Å²) in [7, 11) is -3.67. The summed E-state index contributed by atoms with van der Waals surface area (Å²) in [5.41, 5.74) is 5.29. The highest BCUT2D eigenvalue weighted by Crippen LogP contribution is 2.31. The molecule has 7 nitrogen and oxygen atoms in total. The Bertz CT molecular complexity index is 1260. The quantitative estimate of drug-likeness (QED) is 0.244. The summed E-state index contributed by atoms with van der Waals surface area (Å²) < 4.78 is 61.5. The van der Waals surface area contributed by atoms with Gasteiger partial charge in [-0.3, -0.25) is 4.79 Å². The number of anilines is 2. The second kappa shape index (κ2) is 10.9. The van der Waals surface area contributed by atoms with Gasteiger partial charge >= 0.3 is 0 Å². The molecule has 0 bridgehead atoms. The van der Waals surface area contributed by atoms with Gasteiger partial charge in [-0.25, -0.2) is 21.9 Å². The number of benzene rings is 3. The van der Waals surface area contributed by atoms with Gasteiger partial charge in [-0.1, -0.05) is 18.2 Å². The molecule has 0 atom stereocenters. The van der Waals surface area contributed by atoms with E-state index < -0.39 is 27.6 Å². The van der Waals surface area contributed by atoms with Crippen molar-refractivity contribution in [3.63, 3.8) is 0 Å². The lowest BCUT2D eigenvalue weighted by atomic mass is 10.1. The van der Waals surface area contributed by atoms with Crippen LogP contribution < -0.4 is 20.5 Å². The Labute approximate surface area is 203 Å². The molecule has 0 aromatic heterocycles. The van der Waals surface area contributed by atoms with Crippen molar-refractivity contribution in [3.05, 3.63) is 81.4 Å². The molecule has 174 valence electrons. The number of sulfonamides is 1. The smallest absolute Gasteiger partial charge is 0.254 e. The standard InChI is InChI=1S/C22H20F2IN3O4S/c23-14-11-19(28-18-8-7-15(25)13-17(18)24)21(22(26)29)20(12-14)32-10-4-9-27-33(30,31)16-5-2-1-3-6-16/h1-3,5-8,11-13,27-28H,4,9-10H2,(H2,26,29). The highest BCUT2D eigenvalue weighted by molar-refractivity contribution is 14.1. The first-order valence-electron chi connectivity index (χ1n) is 9.70. The Morgan fingerprint density at radius 3 is 2.42 bits per heavy atom. The van der Waals surface area contributed by atoms with Crippen molar-refractivity contribution < 1.29 is 26.7 Å². The minimum atomic E-state index is -3.67. The summed E-state index contributed by atoms with van der Waals surface area (Å²) in [6, 6.07) is 14.2. The summed E-state index contributed by atoms with van der Waals surface area (Å²) in [6.07, 6.45) is 0.231. The van der Waals surface area contributed by atoms with Crippen LogP contribution in [0.4, 0.5) is 20.2 Å². The van der Waals surface area contributed by atoms with Gasteiger partial charge in [-0.2, -0.15) is 0 Å². The van der Waals surface area contributed by atoms with Crippen molar-refractivity contribution in [2.75, 3.05) is 18.5 Å². The molecule has 0 aliphatic carbocycles. The van der Waals surface area contributed by atoms with E-state index in [2.05, 4.69) is 10.0 Å². The molecule has 11 heteroatoms. The van der Waals surface area contributed by atoms with Crippen LogP contribution in [0.5, 0.6) is 5.75 Å². The molecular formula is C22H20F2IN3O4S. The number of carbonyl (C=O) groups excluding carboxylic acids is 1. The number of halogens is 3. The zero-order chi connectivity index (χ0) is 24.0. The Morgan fingerprint density at radius 2 is 1.76 bits per heavy atom. The first-order valence-corrected chi connectivity index (χ1v) is 12.3. The summed E-state index contributed by atoms with van der Waals surface area (Å²) in [6.45, 7) is 0.0236. The zero-order valence-electron chi connectivity index (χ0n) is 17.1. The van der Waals surface area contributed by atoms with Crippen molar-refractivity contribution in [2.45, 2.75) is 11.3 Å². The highest BCUT2D eigenvalue weighted by atomic mass is 127. The molecule has 3 aromatic carbocycles. The lowest BCUT2D eigenvalue weighted by molar-refractivity contribution is 0.0997. The molecule has 33 heavy (non-hydrogen) atoms. The number of amides is 1. The van der Waals surface area contributed by atoms with Crippen LogP contribution in [-0.2, 0) is 10.0 Å². The van der Waals surface area contributed by atoms with Gasteiger partial charge in [0.25, 0.3) is 5.91 Å². The van der Waals surface area contributed by atoms with E-state index in [1.54, 1.807) is 24.3 Å². The fourth-order valence-electron chi connectivity index (χ4n) is 2.93. The molecule has 0 heterocycles. The topological polar surface area (TPSA) is 111 Å². The molecule has 0 aliphatic rings. The van der Waals surface area contributed by atoms with E-state index in [-0.39, 0.29) is 47.2 Å². The Balaban J connectivity index is 1.69. The van der Waals surface area contributed by atoms with Crippen LogP contribution in [-0.4, -0.2) is 27.5 Å². The van der Waals surface area contributed by atoms with Gasteiger partial charge in [0.15, 0.2) is 0 Å². The number of hydrogen-bond donors (Lipinski definition) is 3. The molecule has 3 aromatic rings. The third-order valence-electron chi connectivity index (χ3n) is 4.44. The number of rotatable bonds is 10. The minimum absolute atomic E-state index is 0.0294. The predicted molar refractivity (Wildman–Crippen MR) is 129 cm³/mol. The van der Waals surface area contributed by atoms with Crippen molar-refractivity contribution in [1.82, 2.24) is 4.72 Å². The Hall–Kier alpha value is -2.77. The number of nitrogens with two attached hydrogens (primary N) is 1. The monoisotopic (exact) mass is 587 g/mol. The largest absolute Gasteiger partial charge is 0.493 e. The molecule has 0 fully saturated rings. The molecule has 4 N–H and O–H groups in total. The predicted octanol–water partition coefficient (Wildman–Crippen LogP) is 4.16. The fourth-order valence-corrected chi connectivity index (χ4v) is 4.48. The van der Waals surface area contributed by atoms with Crippen LogP contribution in [0.1, 0.15) is 16.8 Å². The third-order valence-corrected chi connectivity index (χ3v) is 6.59. The van der Waals surface area contributed by atoms with E-state index >= 15 is 0 Å². The lowest BCUT2D eigenvalue weighted by Crippen LogP contribution is -2.26. The van der Waals surface area contributed by atoms with Gasteiger partial charge in [-0.15, -0.1) is 0 Å². The number of hydrogen-bond acceptors (Lipinski definition) is 5. The van der Waals surface area contributed by atoms with Crippen LogP contribution >= 0.6 is 22.6 Å². The second-order valence-electron chi connectivity index (χ2n) is 6.85. The van der Waals surface area contributed by atoms with Gasteiger partial charge in [0.05, 0.1) is 22.9 Å². The average Bonchev–Trinajstić information content (AvgIpc) is 2.75. The first-order chi connectivity index (χ1) is 15.7. The first kappa shape index (κ1) is 24.9. The van der Waals surface area contributed by atoms with E-state index in [9.17, 15) is 22.0 Å². The minimum Gasteiger partial charge on any atom is -0.493 e. The highest BCUT2D eigenvalue weighted by Gasteiger charge is 2.19. The number of primary amides is 1. The van der Waals surface area contributed by atoms with Crippen LogP contribution in [0.15, 0.2) is 65.6 Å². The average molecular weight is 587 g/mol. The van der Waals surface area contributed by atoms with E-state index in [0.29, 0.717) is 3.57 Å². The molecule has 0 aliphatic heterocycles. The molecule has 0 saturated heterocycles. The zero-order valence-corrected chi connectivity index (χ0v) is 20.1. The maximum Gasteiger partial charge on any atom is 0.254 e. The number of ether oxygens (including phenoxy) is 1. The molecule has 0 spiro atoms. The van der Waals surface area contributed by atoms with Crippen molar-refractivity contribution in [3.8, 4) is 5.75 Å². The molecule has 3 rings (SSSR count). The van der Waals surface area contributed by atoms with Gasteiger partial charge < -0.3 is 15.8 Å². The summed E-state index contributed by atoms with van der Waals surface area (Å²) in [5.74, 6) is -2.35. The molecular weight excluding hydrogens is 567 g/mol. The van der Waals surface area contributed by atoms with Gasteiger partial charge in [0.2, 0.25) is 10.0 Å². The van der Waals surface area contributed by atoms with Crippen LogP contribution in [0.25, 0.3) is 0 Å². The normalized spacial score (nSPS) is 11.2. The Morgan fingerprint density at radius 1 is 1.03 bits per heavy atom. The molecule has 0 unspecified atom stereocenters.